The highest BCUT2D eigenvalue weighted by Gasteiger charge is 2.21. The van der Waals surface area contributed by atoms with Crippen molar-refractivity contribution in [2.45, 2.75) is 0 Å². The van der Waals surface area contributed by atoms with Crippen molar-refractivity contribution in [3.05, 3.63) is 224 Å². The van der Waals surface area contributed by atoms with E-state index in [1.165, 1.54) is 33.0 Å². The second-order valence-corrected chi connectivity index (χ2v) is 15.7. The quantitative estimate of drug-likeness (QED) is 0.162. The molecule has 0 aliphatic rings. The topological polar surface area (TPSA) is 48.5 Å². The molecule has 3 heterocycles. The number of benzene rings is 9. The summed E-state index contributed by atoms with van der Waals surface area (Å²) in [4.78, 5) is 15.8. The van der Waals surface area contributed by atoms with Crippen molar-refractivity contribution in [3.8, 4) is 67.8 Å². The number of hydrogen-bond donors (Lipinski definition) is 0. The molecule has 9 aromatic carbocycles. The van der Waals surface area contributed by atoms with Crippen LogP contribution in [0.1, 0.15) is 0 Å². The van der Waals surface area contributed by atoms with E-state index in [-0.39, 0.29) is 0 Å². The molecular formula is C57H37N5. The van der Waals surface area contributed by atoms with Gasteiger partial charge in [-0.2, -0.15) is 9.97 Å². The van der Waals surface area contributed by atoms with Crippen molar-refractivity contribution in [1.29, 1.82) is 0 Å². The lowest BCUT2D eigenvalue weighted by Crippen LogP contribution is -2.06. The average molecular weight is 792 g/mol. The van der Waals surface area contributed by atoms with Gasteiger partial charge in [-0.05, 0) is 81.9 Å². The average Bonchev–Trinajstić information content (AvgIpc) is 3.86. The molecule has 3 aromatic heterocycles. The molecule has 5 nitrogen and oxygen atoms in total. The minimum atomic E-state index is 0.560. The molecule has 0 fully saturated rings. The van der Waals surface area contributed by atoms with Crippen LogP contribution in [0.2, 0.25) is 0 Å². The zero-order valence-electron chi connectivity index (χ0n) is 33.6. The lowest BCUT2D eigenvalue weighted by molar-refractivity contribution is 0.953. The summed E-state index contributed by atoms with van der Waals surface area (Å²) >= 11 is 0. The third kappa shape index (κ3) is 6.06. The van der Waals surface area contributed by atoms with Crippen molar-refractivity contribution < 1.29 is 0 Å². The molecule has 0 saturated heterocycles. The summed E-state index contributed by atoms with van der Waals surface area (Å²) in [5.41, 5.74) is 14.2. The number of nitrogens with zero attached hydrogens (tertiary/aromatic N) is 5. The molecular weight excluding hydrogens is 755 g/mol. The summed E-state index contributed by atoms with van der Waals surface area (Å²) in [6, 6.07) is 79.3. The minimum absolute atomic E-state index is 0.560. The van der Waals surface area contributed by atoms with Crippen molar-refractivity contribution in [1.82, 2.24) is 24.1 Å². The number of rotatable bonds is 7. The van der Waals surface area contributed by atoms with E-state index in [9.17, 15) is 0 Å². The maximum Gasteiger partial charge on any atom is 0.238 e. The number of fused-ring (bicyclic) bond motifs is 6. The van der Waals surface area contributed by atoms with Gasteiger partial charge in [-0.3, -0.25) is 4.57 Å². The van der Waals surface area contributed by atoms with Crippen LogP contribution in [0.4, 0.5) is 0 Å². The van der Waals surface area contributed by atoms with E-state index in [0.717, 1.165) is 60.8 Å². The summed E-state index contributed by atoms with van der Waals surface area (Å²) in [5.74, 6) is 1.78. The first-order chi connectivity index (χ1) is 30.7. The highest BCUT2D eigenvalue weighted by molar-refractivity contribution is 6.19. The second-order valence-electron chi connectivity index (χ2n) is 15.7. The molecule has 12 aromatic rings. The van der Waals surface area contributed by atoms with Gasteiger partial charge in [0.2, 0.25) is 5.95 Å². The predicted molar refractivity (Wildman–Crippen MR) is 256 cm³/mol. The number of hydrogen-bond acceptors (Lipinski definition) is 3. The molecule has 0 aliphatic carbocycles. The molecule has 0 unspecified atom stereocenters. The van der Waals surface area contributed by atoms with Gasteiger partial charge in [0, 0.05) is 38.4 Å². The molecule has 0 radical (unpaired) electrons. The first-order valence-electron chi connectivity index (χ1n) is 20.9. The second kappa shape index (κ2) is 14.7. The monoisotopic (exact) mass is 791 g/mol. The van der Waals surface area contributed by atoms with Crippen molar-refractivity contribution in [2.75, 3.05) is 0 Å². The molecule has 12 rings (SSSR count). The summed E-state index contributed by atoms with van der Waals surface area (Å²) in [6.07, 6.45) is 0. The standard InChI is InChI=1S/C57H37N5/c1-4-17-38(18-5-1)41-23-14-24-42(33-41)43-25-15-27-45(34-43)56-58-55(40-21-8-3-9-22-40)59-57(60-56)62-52-32-13-11-30-48(52)50-36-49-47-29-10-12-31-51(47)61(53(49)37-54(50)62)46-28-16-26-44(35-46)39-19-6-2-7-20-39/h1-37H. The van der Waals surface area contributed by atoms with Gasteiger partial charge in [0.05, 0.1) is 22.1 Å². The van der Waals surface area contributed by atoms with E-state index >= 15 is 0 Å². The molecule has 0 aliphatic heterocycles. The Labute approximate surface area is 358 Å². The van der Waals surface area contributed by atoms with Crippen LogP contribution in [0.25, 0.3) is 111 Å². The predicted octanol–water partition coefficient (Wildman–Crippen LogP) is 14.4. The van der Waals surface area contributed by atoms with Crippen LogP contribution in [-0.4, -0.2) is 24.1 Å². The Morgan fingerprint density at radius 3 is 1.27 bits per heavy atom. The van der Waals surface area contributed by atoms with Crippen molar-refractivity contribution in [2.24, 2.45) is 0 Å². The summed E-state index contributed by atoms with van der Waals surface area (Å²) in [6.45, 7) is 0. The van der Waals surface area contributed by atoms with E-state index < -0.39 is 0 Å². The smallest absolute Gasteiger partial charge is 0.238 e. The van der Waals surface area contributed by atoms with Gasteiger partial charge in [0.1, 0.15) is 0 Å². The van der Waals surface area contributed by atoms with E-state index in [1.54, 1.807) is 0 Å². The van der Waals surface area contributed by atoms with Gasteiger partial charge in [-0.1, -0.05) is 176 Å². The Morgan fingerprint density at radius 1 is 0.242 bits per heavy atom. The van der Waals surface area contributed by atoms with Crippen LogP contribution >= 0.6 is 0 Å². The van der Waals surface area contributed by atoms with Gasteiger partial charge >= 0.3 is 0 Å². The maximum absolute atomic E-state index is 5.35. The lowest BCUT2D eigenvalue weighted by atomic mass is 9.98. The van der Waals surface area contributed by atoms with E-state index in [4.69, 9.17) is 15.0 Å². The fourth-order valence-electron chi connectivity index (χ4n) is 9.04. The van der Waals surface area contributed by atoms with E-state index in [0.29, 0.717) is 17.6 Å². The Morgan fingerprint density at radius 2 is 0.661 bits per heavy atom. The van der Waals surface area contributed by atoms with E-state index in [1.807, 2.05) is 18.2 Å². The fraction of sp³-hybridized carbons (Fsp3) is 0. The Balaban J connectivity index is 1.08. The van der Waals surface area contributed by atoms with E-state index in [2.05, 4.69) is 215 Å². The van der Waals surface area contributed by atoms with Crippen LogP contribution in [-0.2, 0) is 0 Å². The first-order valence-corrected chi connectivity index (χ1v) is 20.9. The van der Waals surface area contributed by atoms with Crippen LogP contribution < -0.4 is 0 Å². The van der Waals surface area contributed by atoms with Gasteiger partial charge in [0.15, 0.2) is 11.6 Å². The molecule has 0 spiro atoms. The minimum Gasteiger partial charge on any atom is -0.309 e. The Kier molecular flexibility index (Phi) is 8.42. The number of aromatic nitrogens is 5. The molecule has 62 heavy (non-hydrogen) atoms. The Hall–Kier alpha value is -8.41. The lowest BCUT2D eigenvalue weighted by Gasteiger charge is -2.13. The third-order valence-electron chi connectivity index (χ3n) is 12.0. The molecule has 0 amide bonds. The summed E-state index contributed by atoms with van der Waals surface area (Å²) in [5, 5.41) is 4.67. The van der Waals surface area contributed by atoms with Gasteiger partial charge in [-0.25, -0.2) is 4.98 Å². The van der Waals surface area contributed by atoms with Crippen LogP contribution in [0.5, 0.6) is 0 Å². The number of para-hydroxylation sites is 2. The summed E-state index contributed by atoms with van der Waals surface area (Å²) in [7, 11) is 0. The molecule has 0 atom stereocenters. The Bertz CT molecular complexity index is 3620. The zero-order valence-corrected chi connectivity index (χ0v) is 33.6. The first kappa shape index (κ1) is 35.5. The maximum atomic E-state index is 5.35. The van der Waals surface area contributed by atoms with Crippen LogP contribution in [0, 0.1) is 0 Å². The zero-order chi connectivity index (χ0) is 41.0. The SMILES string of the molecule is c1ccc(-c2cccc(-c3cccc(-c4nc(-c5ccccc5)nc(-n5c6ccccc6c6cc7c8ccccc8n(-c8cccc(-c9ccccc9)c8)c7cc65)n4)c3)c2)cc1. The van der Waals surface area contributed by atoms with Gasteiger partial charge < -0.3 is 4.57 Å². The highest BCUT2D eigenvalue weighted by Crippen LogP contribution is 2.40. The van der Waals surface area contributed by atoms with Crippen molar-refractivity contribution >= 4 is 43.6 Å². The van der Waals surface area contributed by atoms with Gasteiger partial charge in [0.25, 0.3) is 0 Å². The molecule has 0 N–H and O–H groups in total. The molecule has 0 bridgehead atoms. The molecule has 0 saturated carbocycles. The van der Waals surface area contributed by atoms with Crippen LogP contribution in [0.15, 0.2) is 224 Å². The molecule has 5 heteroatoms. The van der Waals surface area contributed by atoms with Crippen LogP contribution in [0.3, 0.4) is 0 Å². The molecule has 290 valence electrons. The highest BCUT2D eigenvalue weighted by atomic mass is 15.2. The van der Waals surface area contributed by atoms with Gasteiger partial charge in [-0.15, -0.1) is 0 Å². The summed E-state index contributed by atoms with van der Waals surface area (Å²) < 4.78 is 4.61. The third-order valence-corrected chi connectivity index (χ3v) is 12.0. The fourth-order valence-corrected chi connectivity index (χ4v) is 9.04. The normalized spacial score (nSPS) is 11.5. The van der Waals surface area contributed by atoms with Crippen molar-refractivity contribution in [3.63, 3.8) is 0 Å². The largest absolute Gasteiger partial charge is 0.309 e.